The van der Waals surface area contributed by atoms with E-state index in [1.165, 1.54) is 5.56 Å². The summed E-state index contributed by atoms with van der Waals surface area (Å²) < 4.78 is 0. The van der Waals surface area contributed by atoms with Crippen LogP contribution in [0.4, 0.5) is 11.4 Å². The van der Waals surface area contributed by atoms with E-state index in [-0.39, 0.29) is 17.2 Å². The van der Waals surface area contributed by atoms with Gasteiger partial charge in [0.15, 0.2) is 0 Å². The molecule has 0 saturated heterocycles. The quantitative estimate of drug-likeness (QED) is 0.858. The highest BCUT2D eigenvalue weighted by Gasteiger charge is 2.47. The lowest BCUT2D eigenvalue weighted by Crippen LogP contribution is -2.50. The number of carbonyl (C=O) groups excluding carboxylic acids is 1. The van der Waals surface area contributed by atoms with Gasteiger partial charge in [-0.15, -0.1) is 0 Å². The van der Waals surface area contributed by atoms with Crippen LogP contribution in [0.3, 0.4) is 0 Å². The molecule has 0 radical (unpaired) electrons. The third-order valence-electron chi connectivity index (χ3n) is 4.98. The van der Waals surface area contributed by atoms with Crippen LogP contribution in [0.5, 0.6) is 5.75 Å². The molecule has 0 bridgehead atoms. The van der Waals surface area contributed by atoms with Crippen molar-refractivity contribution in [1.82, 2.24) is 0 Å². The summed E-state index contributed by atoms with van der Waals surface area (Å²) in [6.45, 7) is 6.45. The number of phenolic OH excluding ortho intramolecular Hbond substituents is 1. The number of benzene rings is 2. The van der Waals surface area contributed by atoms with Crippen LogP contribution in [-0.2, 0) is 4.79 Å². The monoisotopic (exact) mass is 320 g/mol. The third kappa shape index (κ3) is 2.06. The second kappa shape index (κ2) is 4.94. The van der Waals surface area contributed by atoms with Crippen LogP contribution in [0.1, 0.15) is 44.2 Å². The maximum Gasteiger partial charge on any atom is 0.278 e. The molecule has 0 aliphatic carbocycles. The normalized spacial score (nSPS) is 22.8. The van der Waals surface area contributed by atoms with Crippen molar-refractivity contribution in [3.63, 3.8) is 0 Å². The van der Waals surface area contributed by atoms with Gasteiger partial charge in [0.2, 0.25) is 0 Å². The van der Waals surface area contributed by atoms with Crippen molar-refractivity contribution >= 4 is 23.0 Å². The first-order valence-electron chi connectivity index (χ1n) is 8.24. The van der Waals surface area contributed by atoms with Gasteiger partial charge in [-0.25, -0.2) is 4.99 Å². The summed E-state index contributed by atoms with van der Waals surface area (Å²) in [4.78, 5) is 19.6. The first kappa shape index (κ1) is 14.9. The zero-order chi connectivity index (χ0) is 17.1. The van der Waals surface area contributed by atoms with Gasteiger partial charge in [0.25, 0.3) is 5.91 Å². The van der Waals surface area contributed by atoms with E-state index in [0.717, 1.165) is 17.7 Å². The molecule has 4 nitrogen and oxygen atoms in total. The van der Waals surface area contributed by atoms with Crippen molar-refractivity contribution < 1.29 is 9.90 Å². The molecular formula is C20H20N2O2. The van der Waals surface area contributed by atoms with Crippen molar-refractivity contribution in [3.05, 3.63) is 53.6 Å². The van der Waals surface area contributed by atoms with Gasteiger partial charge in [-0.2, -0.15) is 0 Å². The van der Waals surface area contributed by atoms with Crippen LogP contribution in [0.25, 0.3) is 0 Å². The molecule has 122 valence electrons. The Kier molecular flexibility index (Phi) is 3.07. The number of anilines is 1. The summed E-state index contributed by atoms with van der Waals surface area (Å²) in [6, 6.07) is 12.7. The van der Waals surface area contributed by atoms with Crippen molar-refractivity contribution in [1.29, 1.82) is 0 Å². The number of nitrogens with zero attached hydrogens (tertiary/aromatic N) is 2. The Morgan fingerprint density at radius 3 is 2.58 bits per heavy atom. The Labute approximate surface area is 141 Å². The average Bonchev–Trinajstić information content (AvgIpc) is 2.81. The van der Waals surface area contributed by atoms with Gasteiger partial charge in [0.1, 0.15) is 11.5 Å². The van der Waals surface area contributed by atoms with Crippen LogP contribution in [0.2, 0.25) is 0 Å². The number of carbonyl (C=O) groups is 1. The van der Waals surface area contributed by atoms with E-state index >= 15 is 0 Å². The van der Waals surface area contributed by atoms with Crippen LogP contribution in [0.15, 0.2) is 47.5 Å². The van der Waals surface area contributed by atoms with Crippen molar-refractivity contribution in [3.8, 4) is 5.75 Å². The number of hydrogen-bond acceptors (Lipinski definition) is 3. The summed E-state index contributed by atoms with van der Waals surface area (Å²) in [5.41, 5.74) is 4.07. The zero-order valence-electron chi connectivity index (χ0n) is 14.1. The van der Waals surface area contributed by atoms with E-state index in [0.29, 0.717) is 17.3 Å². The second-order valence-corrected chi connectivity index (χ2v) is 7.28. The van der Waals surface area contributed by atoms with Crippen molar-refractivity contribution in [2.24, 2.45) is 4.99 Å². The second-order valence-electron chi connectivity index (χ2n) is 7.28. The van der Waals surface area contributed by atoms with Gasteiger partial charge in [-0.1, -0.05) is 25.1 Å². The van der Waals surface area contributed by atoms with E-state index in [1.54, 1.807) is 24.3 Å². The van der Waals surface area contributed by atoms with Crippen LogP contribution in [-0.4, -0.2) is 22.3 Å². The summed E-state index contributed by atoms with van der Waals surface area (Å²) >= 11 is 0. The molecule has 2 aromatic rings. The molecule has 0 spiro atoms. The molecule has 4 heteroatoms. The molecule has 2 heterocycles. The highest BCUT2D eigenvalue weighted by molar-refractivity contribution is 6.55. The molecule has 1 N–H and O–H groups in total. The molecular weight excluding hydrogens is 300 g/mol. The smallest absolute Gasteiger partial charge is 0.278 e. The Balaban J connectivity index is 1.92. The van der Waals surface area contributed by atoms with Gasteiger partial charge >= 0.3 is 0 Å². The third-order valence-corrected chi connectivity index (χ3v) is 4.98. The number of phenols is 1. The molecule has 2 aromatic carbocycles. The number of amides is 1. The SMILES string of the molecule is CC1CC(C)(C)N2C(=O)C(=Nc3ccc(O)cc3)c3cccc1c32. The van der Waals surface area contributed by atoms with Gasteiger partial charge in [0.05, 0.1) is 11.4 Å². The fourth-order valence-electron chi connectivity index (χ4n) is 4.01. The summed E-state index contributed by atoms with van der Waals surface area (Å²) in [6.07, 6.45) is 0.932. The molecule has 0 saturated carbocycles. The van der Waals surface area contributed by atoms with E-state index in [4.69, 9.17) is 0 Å². The fraction of sp³-hybridized carbons (Fsp3) is 0.300. The first-order valence-corrected chi connectivity index (χ1v) is 8.24. The van der Waals surface area contributed by atoms with Crippen molar-refractivity contribution in [2.75, 3.05) is 4.90 Å². The molecule has 24 heavy (non-hydrogen) atoms. The number of aromatic hydroxyl groups is 1. The lowest BCUT2D eigenvalue weighted by atomic mass is 9.80. The lowest BCUT2D eigenvalue weighted by Gasteiger charge is -2.43. The van der Waals surface area contributed by atoms with Gasteiger partial charge in [0, 0.05) is 11.1 Å². The molecule has 1 amide bonds. The lowest BCUT2D eigenvalue weighted by molar-refractivity contribution is -0.113. The maximum absolute atomic E-state index is 13.1. The number of aliphatic imine (C=N–C) groups is 1. The minimum Gasteiger partial charge on any atom is -0.508 e. The van der Waals surface area contributed by atoms with Gasteiger partial charge in [-0.05, 0) is 56.0 Å². The molecule has 2 aliphatic heterocycles. The topological polar surface area (TPSA) is 52.9 Å². The Hall–Kier alpha value is -2.62. The maximum atomic E-state index is 13.1. The zero-order valence-corrected chi connectivity index (χ0v) is 14.1. The number of rotatable bonds is 1. The first-order chi connectivity index (χ1) is 11.4. The summed E-state index contributed by atoms with van der Waals surface area (Å²) in [5.74, 6) is 0.559. The minimum atomic E-state index is -0.230. The Bertz CT molecular complexity index is 866. The summed E-state index contributed by atoms with van der Waals surface area (Å²) in [5, 5.41) is 9.43. The number of para-hydroxylation sites is 1. The molecule has 4 rings (SSSR count). The van der Waals surface area contributed by atoms with E-state index < -0.39 is 0 Å². The standard InChI is InChI=1S/C20H20N2O2/c1-12-11-20(2,3)22-18-15(12)5-4-6-16(18)17(19(22)24)21-13-7-9-14(23)10-8-13/h4-10,12,23H,11H2,1-3H3. The van der Waals surface area contributed by atoms with E-state index in [9.17, 15) is 9.90 Å². The fourth-order valence-corrected chi connectivity index (χ4v) is 4.01. The molecule has 0 fully saturated rings. The largest absolute Gasteiger partial charge is 0.508 e. The molecule has 1 atom stereocenters. The summed E-state index contributed by atoms with van der Waals surface area (Å²) in [7, 11) is 0. The van der Waals surface area contributed by atoms with Gasteiger partial charge < -0.3 is 10.0 Å². The van der Waals surface area contributed by atoms with Gasteiger partial charge in [-0.3, -0.25) is 4.79 Å². The Morgan fingerprint density at radius 2 is 1.88 bits per heavy atom. The van der Waals surface area contributed by atoms with E-state index in [2.05, 4.69) is 31.8 Å². The predicted octanol–water partition coefficient (Wildman–Crippen LogP) is 4.15. The van der Waals surface area contributed by atoms with Crippen molar-refractivity contribution in [2.45, 2.75) is 38.6 Å². The van der Waals surface area contributed by atoms with Crippen LogP contribution in [0, 0.1) is 0 Å². The van der Waals surface area contributed by atoms with Crippen LogP contribution >= 0.6 is 0 Å². The van der Waals surface area contributed by atoms with Crippen LogP contribution < -0.4 is 4.90 Å². The molecule has 0 aromatic heterocycles. The highest BCUT2D eigenvalue weighted by Crippen LogP contribution is 2.48. The Morgan fingerprint density at radius 1 is 1.17 bits per heavy atom. The number of hydrogen-bond donors (Lipinski definition) is 1. The minimum absolute atomic E-state index is 0.0394. The molecule has 2 aliphatic rings. The van der Waals surface area contributed by atoms with E-state index in [1.807, 2.05) is 17.0 Å². The predicted molar refractivity (Wildman–Crippen MR) is 95.3 cm³/mol. The average molecular weight is 320 g/mol. The highest BCUT2D eigenvalue weighted by atomic mass is 16.3. The molecule has 1 unspecified atom stereocenters.